The van der Waals surface area contributed by atoms with E-state index >= 15 is 0 Å². The zero-order valence-electron chi connectivity index (χ0n) is 17.2. The molecule has 0 aromatic heterocycles. The monoisotopic (exact) mass is 423 g/mol. The fourth-order valence-electron chi connectivity index (χ4n) is 3.67. The number of hydrogen-bond donors (Lipinski definition) is 2. The second kappa shape index (κ2) is 10.4. The smallest absolute Gasteiger partial charge is 0.407 e. The number of alkyl carbamates (subject to hydrolysis) is 1. The van der Waals surface area contributed by atoms with Crippen LogP contribution in [0, 0.1) is 0 Å². The summed E-state index contributed by atoms with van der Waals surface area (Å²) in [6.07, 6.45) is 1.88. The first-order valence-corrected chi connectivity index (χ1v) is 10.2. The second-order valence-electron chi connectivity index (χ2n) is 7.12. The van der Waals surface area contributed by atoms with Crippen molar-refractivity contribution in [1.82, 2.24) is 5.32 Å². The molecule has 2 aromatic rings. The van der Waals surface area contributed by atoms with Crippen molar-refractivity contribution in [3.63, 3.8) is 0 Å². The van der Waals surface area contributed by atoms with Crippen LogP contribution in [0.25, 0.3) is 11.1 Å². The zero-order chi connectivity index (χ0) is 22.2. The number of esters is 1. The molecular weight excluding hydrogens is 398 g/mol. The molecule has 2 N–H and O–H groups in total. The van der Waals surface area contributed by atoms with Gasteiger partial charge in [0.05, 0.1) is 12.6 Å². The van der Waals surface area contributed by atoms with Gasteiger partial charge in [0.25, 0.3) is 0 Å². The zero-order valence-corrected chi connectivity index (χ0v) is 17.2. The van der Waals surface area contributed by atoms with Crippen molar-refractivity contribution >= 4 is 18.0 Å². The van der Waals surface area contributed by atoms with Gasteiger partial charge in [-0.25, -0.2) is 9.59 Å². The second-order valence-corrected chi connectivity index (χ2v) is 7.12. The van der Waals surface area contributed by atoms with Crippen LogP contribution in [-0.4, -0.2) is 42.4 Å². The average Bonchev–Trinajstić information content (AvgIpc) is 3.08. The molecule has 0 aliphatic heterocycles. The lowest BCUT2D eigenvalue weighted by Crippen LogP contribution is -2.35. The third-order valence-corrected chi connectivity index (χ3v) is 5.07. The lowest BCUT2D eigenvalue weighted by molar-refractivity contribution is -0.138. The summed E-state index contributed by atoms with van der Waals surface area (Å²) in [5.41, 5.74) is 4.45. The number of carboxylic acids is 1. The van der Waals surface area contributed by atoms with Crippen molar-refractivity contribution in [1.29, 1.82) is 0 Å². The van der Waals surface area contributed by atoms with Gasteiger partial charge in [-0.3, -0.25) is 4.79 Å². The fourth-order valence-corrected chi connectivity index (χ4v) is 3.67. The van der Waals surface area contributed by atoms with Gasteiger partial charge in [-0.2, -0.15) is 0 Å². The maximum absolute atomic E-state index is 12.4. The predicted molar refractivity (Wildman–Crippen MR) is 115 cm³/mol. The van der Waals surface area contributed by atoms with Gasteiger partial charge >= 0.3 is 18.0 Å². The summed E-state index contributed by atoms with van der Waals surface area (Å²) >= 11 is 0. The van der Waals surface area contributed by atoms with E-state index in [2.05, 4.69) is 17.4 Å². The van der Waals surface area contributed by atoms with Crippen LogP contribution in [0.1, 0.15) is 36.8 Å². The molecule has 31 heavy (non-hydrogen) atoms. The molecule has 0 radical (unpaired) electrons. The number of amides is 1. The lowest BCUT2D eigenvalue weighted by Gasteiger charge is -2.17. The highest BCUT2D eigenvalue weighted by Crippen LogP contribution is 2.44. The Kier molecular flexibility index (Phi) is 7.43. The number of benzene rings is 2. The van der Waals surface area contributed by atoms with E-state index in [9.17, 15) is 14.4 Å². The summed E-state index contributed by atoms with van der Waals surface area (Å²) in [6.45, 7) is 2.05. The topological polar surface area (TPSA) is 102 Å². The highest BCUT2D eigenvalue weighted by atomic mass is 16.5. The van der Waals surface area contributed by atoms with Crippen LogP contribution in [0.2, 0.25) is 0 Å². The Morgan fingerprint density at radius 1 is 1.03 bits per heavy atom. The van der Waals surface area contributed by atoms with E-state index in [0.29, 0.717) is 0 Å². The Morgan fingerprint density at radius 2 is 1.65 bits per heavy atom. The maximum Gasteiger partial charge on any atom is 0.407 e. The Balaban J connectivity index is 1.64. The lowest BCUT2D eigenvalue weighted by atomic mass is 9.98. The van der Waals surface area contributed by atoms with Crippen molar-refractivity contribution in [3.8, 4) is 11.1 Å². The number of carboxylic acid groups (broad SMARTS) is 1. The molecule has 0 spiro atoms. The van der Waals surface area contributed by atoms with Gasteiger partial charge in [0, 0.05) is 18.4 Å². The Bertz CT molecular complexity index is 938. The molecule has 1 aliphatic rings. The van der Waals surface area contributed by atoms with Gasteiger partial charge in [0.1, 0.15) is 6.61 Å². The van der Waals surface area contributed by atoms with E-state index in [4.69, 9.17) is 14.6 Å². The normalized spacial score (nSPS) is 13.3. The number of carbonyl (C=O) groups is 3. The van der Waals surface area contributed by atoms with Crippen LogP contribution in [0.4, 0.5) is 4.79 Å². The van der Waals surface area contributed by atoms with Crippen molar-refractivity contribution in [2.45, 2.75) is 31.7 Å². The van der Waals surface area contributed by atoms with Crippen LogP contribution in [-0.2, 0) is 19.1 Å². The van der Waals surface area contributed by atoms with Gasteiger partial charge < -0.3 is 19.9 Å². The van der Waals surface area contributed by atoms with E-state index in [1.54, 1.807) is 6.92 Å². The highest BCUT2D eigenvalue weighted by molar-refractivity contribution is 5.82. The molecule has 3 rings (SSSR count). The van der Waals surface area contributed by atoms with Crippen LogP contribution < -0.4 is 5.32 Å². The first kappa shape index (κ1) is 22.1. The molecule has 1 atom stereocenters. The number of nitrogens with one attached hydrogen (secondary N) is 1. The molecule has 2 aromatic carbocycles. The van der Waals surface area contributed by atoms with E-state index in [0.717, 1.165) is 22.3 Å². The van der Waals surface area contributed by atoms with E-state index in [-0.39, 0.29) is 32.0 Å². The molecule has 1 amide bonds. The molecule has 7 heteroatoms. The molecule has 7 nitrogen and oxygen atoms in total. The standard InChI is InChI=1S/C24H25NO6/c1-2-30-23(28)14-12-16(11-13-22(26)27)25-24(29)31-15-21-19-9-5-3-7-17(19)18-8-4-6-10-20(18)21/h3-10,12,14,16,21H,2,11,13,15H2,1H3,(H,25,29)(H,26,27). The van der Waals surface area contributed by atoms with Crippen molar-refractivity contribution < 1.29 is 29.0 Å². The number of fused-ring (bicyclic) bond motifs is 3. The molecule has 0 saturated heterocycles. The summed E-state index contributed by atoms with van der Waals surface area (Å²) in [5.74, 6) is -1.63. The molecule has 162 valence electrons. The molecule has 1 unspecified atom stereocenters. The largest absolute Gasteiger partial charge is 0.481 e. The van der Waals surface area contributed by atoms with Gasteiger partial charge in [-0.05, 0) is 35.6 Å². The summed E-state index contributed by atoms with van der Waals surface area (Å²) in [4.78, 5) is 34.9. The minimum Gasteiger partial charge on any atom is -0.481 e. The van der Waals surface area contributed by atoms with E-state index < -0.39 is 24.1 Å². The van der Waals surface area contributed by atoms with Gasteiger partial charge in [0.2, 0.25) is 0 Å². The van der Waals surface area contributed by atoms with E-state index in [1.165, 1.54) is 12.2 Å². The van der Waals surface area contributed by atoms with Gasteiger partial charge in [0.15, 0.2) is 0 Å². The quantitative estimate of drug-likeness (QED) is 0.469. The fraction of sp³-hybridized carbons (Fsp3) is 0.292. The van der Waals surface area contributed by atoms with E-state index in [1.807, 2.05) is 36.4 Å². The molecule has 0 fully saturated rings. The SMILES string of the molecule is CCOC(=O)C=CC(CCC(=O)O)NC(=O)OCC1c2ccccc2-c2ccccc21. The van der Waals surface area contributed by atoms with Crippen LogP contribution in [0.5, 0.6) is 0 Å². The number of aliphatic carboxylic acids is 1. The summed E-state index contributed by atoms with van der Waals surface area (Å²) < 4.78 is 10.3. The Hall–Kier alpha value is -3.61. The predicted octanol–water partition coefficient (Wildman–Crippen LogP) is 3.88. The minimum absolute atomic E-state index is 0.0781. The van der Waals surface area contributed by atoms with Crippen molar-refractivity contribution in [2.24, 2.45) is 0 Å². The number of ether oxygens (including phenoxy) is 2. The van der Waals surface area contributed by atoms with Crippen molar-refractivity contribution in [2.75, 3.05) is 13.2 Å². The van der Waals surface area contributed by atoms with Crippen molar-refractivity contribution in [3.05, 3.63) is 71.8 Å². The van der Waals surface area contributed by atoms with Gasteiger partial charge in [-0.1, -0.05) is 54.6 Å². The molecular formula is C24H25NO6. The molecule has 0 bridgehead atoms. The number of rotatable bonds is 9. The molecule has 1 aliphatic carbocycles. The van der Waals surface area contributed by atoms with Crippen LogP contribution >= 0.6 is 0 Å². The molecule has 0 saturated carbocycles. The van der Waals surface area contributed by atoms with Crippen LogP contribution in [0.15, 0.2) is 60.7 Å². The highest BCUT2D eigenvalue weighted by Gasteiger charge is 2.29. The summed E-state index contributed by atoms with van der Waals surface area (Å²) in [7, 11) is 0. The molecule has 0 heterocycles. The number of hydrogen-bond acceptors (Lipinski definition) is 5. The summed E-state index contributed by atoms with van der Waals surface area (Å²) in [6, 6.07) is 15.4. The minimum atomic E-state index is -0.996. The van der Waals surface area contributed by atoms with Gasteiger partial charge in [-0.15, -0.1) is 0 Å². The number of carbonyl (C=O) groups excluding carboxylic acids is 2. The maximum atomic E-state index is 12.4. The first-order chi connectivity index (χ1) is 15.0. The third-order valence-electron chi connectivity index (χ3n) is 5.07. The van der Waals surface area contributed by atoms with Crippen LogP contribution in [0.3, 0.4) is 0 Å². The Morgan fingerprint density at radius 3 is 2.23 bits per heavy atom. The average molecular weight is 423 g/mol. The summed E-state index contributed by atoms with van der Waals surface area (Å²) in [5, 5.41) is 11.6. The first-order valence-electron chi connectivity index (χ1n) is 10.2. The Labute approximate surface area is 180 Å². The third kappa shape index (κ3) is 5.72.